The van der Waals surface area contributed by atoms with Crippen LogP contribution < -0.4 is 11.1 Å². The van der Waals surface area contributed by atoms with Crippen LogP contribution in [0.4, 0.5) is 11.5 Å². The molecule has 0 aromatic carbocycles. The Bertz CT molecular complexity index is 645. The molecule has 21 heavy (non-hydrogen) atoms. The lowest BCUT2D eigenvalue weighted by Crippen LogP contribution is -2.13. The zero-order valence-electron chi connectivity index (χ0n) is 11.7. The molecule has 1 unspecified atom stereocenters. The molecule has 0 saturated carbocycles. The van der Waals surface area contributed by atoms with Crippen molar-refractivity contribution in [1.82, 2.24) is 4.98 Å². The standard InChI is InChI=1S/C14H16ClN3O2S/c1-3-20-14(19)9-6-7-17-13(12(9)16)18-8(2)10-4-5-11(15)21-10/h4-8H,3,16H2,1-2H3,(H,17,18). The van der Waals surface area contributed by atoms with Gasteiger partial charge in [0, 0.05) is 11.1 Å². The topological polar surface area (TPSA) is 77.2 Å². The van der Waals surface area contributed by atoms with Crippen molar-refractivity contribution in [2.45, 2.75) is 19.9 Å². The number of thiophene rings is 1. The molecule has 0 aliphatic heterocycles. The van der Waals surface area contributed by atoms with E-state index in [0.717, 1.165) is 9.21 Å². The number of ether oxygens (including phenoxy) is 1. The lowest BCUT2D eigenvalue weighted by molar-refractivity contribution is 0.0527. The van der Waals surface area contributed by atoms with Crippen molar-refractivity contribution in [2.24, 2.45) is 0 Å². The lowest BCUT2D eigenvalue weighted by atomic mass is 10.2. The highest BCUT2D eigenvalue weighted by Crippen LogP contribution is 2.30. The monoisotopic (exact) mass is 325 g/mol. The first-order valence-corrected chi connectivity index (χ1v) is 7.65. The zero-order valence-corrected chi connectivity index (χ0v) is 13.3. The van der Waals surface area contributed by atoms with E-state index in [2.05, 4.69) is 10.3 Å². The first-order chi connectivity index (χ1) is 10.0. The molecule has 0 aliphatic rings. The normalized spacial score (nSPS) is 12.0. The minimum Gasteiger partial charge on any atom is -0.462 e. The van der Waals surface area contributed by atoms with Gasteiger partial charge in [0.1, 0.15) is 0 Å². The van der Waals surface area contributed by atoms with Gasteiger partial charge in [-0.1, -0.05) is 11.6 Å². The third kappa shape index (κ3) is 3.65. The molecule has 1 atom stereocenters. The maximum atomic E-state index is 11.8. The van der Waals surface area contributed by atoms with Crippen LogP contribution in [0.25, 0.3) is 0 Å². The van der Waals surface area contributed by atoms with E-state index in [1.165, 1.54) is 17.5 Å². The summed E-state index contributed by atoms with van der Waals surface area (Å²) in [6.07, 6.45) is 1.53. The Morgan fingerprint density at radius 1 is 1.52 bits per heavy atom. The van der Waals surface area contributed by atoms with E-state index in [1.807, 2.05) is 19.1 Å². The molecule has 112 valence electrons. The first-order valence-electron chi connectivity index (χ1n) is 6.46. The van der Waals surface area contributed by atoms with Crippen molar-refractivity contribution >= 4 is 40.4 Å². The molecule has 2 rings (SSSR count). The number of anilines is 2. The fourth-order valence-corrected chi connectivity index (χ4v) is 2.88. The Morgan fingerprint density at radius 3 is 2.90 bits per heavy atom. The largest absolute Gasteiger partial charge is 0.462 e. The Morgan fingerprint density at radius 2 is 2.29 bits per heavy atom. The minimum atomic E-state index is -0.452. The van der Waals surface area contributed by atoms with Gasteiger partial charge in [0.05, 0.1) is 28.2 Å². The Hall–Kier alpha value is -1.79. The fourth-order valence-electron chi connectivity index (χ4n) is 1.81. The van der Waals surface area contributed by atoms with Crippen molar-refractivity contribution in [3.63, 3.8) is 0 Å². The summed E-state index contributed by atoms with van der Waals surface area (Å²) in [6.45, 7) is 4.02. The molecule has 7 heteroatoms. The number of hydrogen-bond acceptors (Lipinski definition) is 6. The van der Waals surface area contributed by atoms with Crippen LogP contribution in [0.2, 0.25) is 4.34 Å². The number of pyridine rings is 1. The summed E-state index contributed by atoms with van der Waals surface area (Å²) in [4.78, 5) is 17.0. The van der Waals surface area contributed by atoms with Crippen molar-refractivity contribution < 1.29 is 9.53 Å². The van der Waals surface area contributed by atoms with Crippen LogP contribution >= 0.6 is 22.9 Å². The summed E-state index contributed by atoms with van der Waals surface area (Å²) in [5, 5.41) is 3.19. The molecule has 0 aliphatic carbocycles. The number of nitrogens with zero attached hydrogens (tertiary/aromatic N) is 1. The smallest absolute Gasteiger partial charge is 0.340 e. The highest BCUT2D eigenvalue weighted by Gasteiger charge is 2.16. The Balaban J connectivity index is 2.20. The molecular formula is C14H16ClN3O2S. The average molecular weight is 326 g/mol. The number of carbonyl (C=O) groups is 1. The predicted octanol–water partition coefficient (Wildman–Crippen LogP) is 3.73. The molecular weight excluding hydrogens is 310 g/mol. The predicted molar refractivity (Wildman–Crippen MR) is 86.0 cm³/mol. The van der Waals surface area contributed by atoms with E-state index in [9.17, 15) is 4.79 Å². The van der Waals surface area contributed by atoms with E-state index in [4.69, 9.17) is 22.1 Å². The molecule has 0 radical (unpaired) electrons. The highest BCUT2D eigenvalue weighted by molar-refractivity contribution is 7.16. The van der Waals surface area contributed by atoms with E-state index >= 15 is 0 Å². The van der Waals surface area contributed by atoms with Crippen LogP contribution in [0.15, 0.2) is 24.4 Å². The SMILES string of the molecule is CCOC(=O)c1ccnc(NC(C)c2ccc(Cl)s2)c1N. The number of hydrogen-bond donors (Lipinski definition) is 2. The molecule has 2 aromatic heterocycles. The van der Waals surface area contributed by atoms with Crippen molar-refractivity contribution in [2.75, 3.05) is 17.7 Å². The summed E-state index contributed by atoms with van der Waals surface area (Å²) in [6, 6.07) is 5.31. The molecule has 0 saturated heterocycles. The molecule has 0 amide bonds. The van der Waals surface area contributed by atoms with Gasteiger partial charge in [-0.2, -0.15) is 0 Å². The van der Waals surface area contributed by atoms with Gasteiger partial charge >= 0.3 is 5.97 Å². The van der Waals surface area contributed by atoms with Crippen LogP contribution in [0.3, 0.4) is 0 Å². The van der Waals surface area contributed by atoms with E-state index in [-0.39, 0.29) is 11.7 Å². The number of aromatic nitrogens is 1. The second-order valence-corrected chi connectivity index (χ2v) is 6.10. The summed E-state index contributed by atoms with van der Waals surface area (Å²) in [5.41, 5.74) is 6.59. The number of halogens is 1. The summed E-state index contributed by atoms with van der Waals surface area (Å²) in [7, 11) is 0. The second-order valence-electron chi connectivity index (χ2n) is 4.35. The third-order valence-electron chi connectivity index (χ3n) is 2.86. The number of nitrogen functional groups attached to an aromatic ring is 1. The number of carbonyl (C=O) groups excluding carboxylic acids is 1. The van der Waals surface area contributed by atoms with Crippen molar-refractivity contribution in [3.8, 4) is 0 Å². The number of nitrogens with two attached hydrogens (primary N) is 1. The molecule has 3 N–H and O–H groups in total. The van der Waals surface area contributed by atoms with E-state index in [1.54, 1.807) is 13.0 Å². The number of nitrogens with one attached hydrogen (secondary N) is 1. The average Bonchev–Trinajstić information content (AvgIpc) is 2.88. The minimum absolute atomic E-state index is 0.0188. The van der Waals surface area contributed by atoms with Crippen LogP contribution in [-0.4, -0.2) is 17.6 Å². The summed E-state index contributed by atoms with van der Waals surface area (Å²) in [5.74, 6) is 0.00449. The maximum absolute atomic E-state index is 11.8. The quantitative estimate of drug-likeness (QED) is 0.819. The van der Waals surface area contributed by atoms with Gasteiger partial charge in [-0.25, -0.2) is 9.78 Å². The first kappa shape index (κ1) is 15.6. The van der Waals surface area contributed by atoms with Gasteiger partial charge in [0.2, 0.25) is 0 Å². The molecule has 0 fully saturated rings. The molecule has 2 aromatic rings. The Labute approximate surface area is 132 Å². The fraction of sp³-hybridized carbons (Fsp3) is 0.286. The second kappa shape index (κ2) is 6.78. The van der Waals surface area contributed by atoms with Crippen molar-refractivity contribution in [1.29, 1.82) is 0 Å². The van der Waals surface area contributed by atoms with Gasteiger partial charge < -0.3 is 15.8 Å². The Kier molecular flexibility index (Phi) is 5.03. The van der Waals surface area contributed by atoms with Crippen LogP contribution in [0.1, 0.15) is 35.1 Å². The zero-order chi connectivity index (χ0) is 15.4. The maximum Gasteiger partial charge on any atom is 0.340 e. The number of rotatable bonds is 5. The van der Waals surface area contributed by atoms with E-state index in [0.29, 0.717) is 18.0 Å². The summed E-state index contributed by atoms with van der Waals surface area (Å²) >= 11 is 7.41. The van der Waals surface area contributed by atoms with E-state index < -0.39 is 5.97 Å². The van der Waals surface area contributed by atoms with Gasteiger partial charge in [0.25, 0.3) is 0 Å². The lowest BCUT2D eigenvalue weighted by Gasteiger charge is -2.15. The van der Waals surface area contributed by atoms with Crippen LogP contribution in [0, 0.1) is 0 Å². The van der Waals surface area contributed by atoms with Gasteiger partial charge in [-0.05, 0) is 32.0 Å². The van der Waals surface area contributed by atoms with Gasteiger partial charge in [-0.3, -0.25) is 0 Å². The van der Waals surface area contributed by atoms with Crippen LogP contribution in [0.5, 0.6) is 0 Å². The summed E-state index contributed by atoms with van der Waals surface area (Å²) < 4.78 is 5.69. The third-order valence-corrected chi connectivity index (χ3v) is 4.27. The molecule has 0 bridgehead atoms. The van der Waals surface area contributed by atoms with Gasteiger partial charge in [0.15, 0.2) is 5.82 Å². The molecule has 2 heterocycles. The van der Waals surface area contributed by atoms with Gasteiger partial charge in [-0.15, -0.1) is 11.3 Å². The highest BCUT2D eigenvalue weighted by atomic mass is 35.5. The molecule has 5 nitrogen and oxygen atoms in total. The molecule has 0 spiro atoms. The number of esters is 1. The van der Waals surface area contributed by atoms with Crippen molar-refractivity contribution in [3.05, 3.63) is 39.2 Å². The van der Waals surface area contributed by atoms with Crippen LogP contribution in [-0.2, 0) is 4.74 Å².